The molecule has 156 valence electrons. The van der Waals surface area contributed by atoms with Gasteiger partial charge in [-0.3, -0.25) is 9.36 Å². The van der Waals surface area contributed by atoms with E-state index >= 15 is 0 Å². The fourth-order valence-corrected chi connectivity index (χ4v) is 3.46. The first-order valence-electron chi connectivity index (χ1n) is 9.88. The molecule has 3 N–H and O–H groups in total. The summed E-state index contributed by atoms with van der Waals surface area (Å²) in [5, 5.41) is 0.817. The van der Waals surface area contributed by atoms with Crippen molar-refractivity contribution >= 4 is 27.8 Å². The lowest BCUT2D eigenvalue weighted by Gasteiger charge is -2.14. The van der Waals surface area contributed by atoms with Crippen molar-refractivity contribution in [1.29, 1.82) is 0 Å². The number of nitrogen functional groups attached to an aromatic ring is 1. The first kappa shape index (κ1) is 20.2. The summed E-state index contributed by atoms with van der Waals surface area (Å²) in [5.41, 5.74) is 8.17. The van der Waals surface area contributed by atoms with E-state index in [1.165, 1.54) is 18.7 Å². The Morgan fingerprint density at radius 2 is 1.87 bits per heavy atom. The normalized spacial score (nSPS) is 10.8. The van der Waals surface area contributed by atoms with Gasteiger partial charge >= 0.3 is 0 Å². The second-order valence-corrected chi connectivity index (χ2v) is 6.93. The van der Waals surface area contributed by atoms with Crippen LogP contribution in [0.5, 0.6) is 0 Å². The summed E-state index contributed by atoms with van der Waals surface area (Å²) in [6.07, 6.45) is 4.62. The van der Waals surface area contributed by atoms with Gasteiger partial charge < -0.3 is 10.7 Å². The van der Waals surface area contributed by atoms with Crippen LogP contribution >= 0.6 is 0 Å². The molecule has 0 bridgehead atoms. The highest BCUT2D eigenvalue weighted by molar-refractivity contribution is 5.83. The fraction of sp³-hybridized carbons (Fsp3) is 0.130. The molecule has 0 aliphatic rings. The van der Waals surface area contributed by atoms with E-state index in [2.05, 4.69) is 26.9 Å². The highest BCUT2D eigenvalue weighted by Crippen LogP contribution is 2.19. The maximum absolute atomic E-state index is 14.0. The lowest BCUT2D eigenvalue weighted by Crippen LogP contribution is -2.22. The van der Waals surface area contributed by atoms with Gasteiger partial charge in [-0.25, -0.2) is 19.3 Å². The van der Waals surface area contributed by atoms with Crippen LogP contribution in [0.1, 0.15) is 19.0 Å². The molecule has 3 aromatic heterocycles. The maximum Gasteiger partial charge on any atom is 0.266 e. The Hall–Kier alpha value is -4.07. The lowest BCUT2D eigenvalue weighted by atomic mass is 10.1. The number of aromatic nitrogens is 5. The largest absolute Gasteiger partial charge is 0.382 e. The minimum Gasteiger partial charge on any atom is -0.382 e. The second kappa shape index (κ2) is 8.74. The number of benzene rings is 2. The summed E-state index contributed by atoms with van der Waals surface area (Å²) < 4.78 is 15.7. The van der Waals surface area contributed by atoms with Gasteiger partial charge in [0.25, 0.3) is 5.56 Å². The van der Waals surface area contributed by atoms with Gasteiger partial charge in [0.15, 0.2) is 11.5 Å². The van der Waals surface area contributed by atoms with Gasteiger partial charge in [0.05, 0.1) is 11.7 Å². The van der Waals surface area contributed by atoms with Crippen LogP contribution in [0.15, 0.2) is 72.0 Å². The summed E-state index contributed by atoms with van der Waals surface area (Å²) in [4.78, 5) is 27.1. The third-order valence-electron chi connectivity index (χ3n) is 4.84. The third kappa shape index (κ3) is 4.00. The van der Waals surface area contributed by atoms with Gasteiger partial charge in [0, 0.05) is 11.4 Å². The number of rotatable bonds is 3. The van der Waals surface area contributed by atoms with Crippen molar-refractivity contribution < 1.29 is 4.39 Å². The van der Waals surface area contributed by atoms with E-state index in [1.54, 1.807) is 16.7 Å². The van der Waals surface area contributed by atoms with Gasteiger partial charge in [-0.05, 0) is 36.1 Å². The van der Waals surface area contributed by atoms with E-state index in [-0.39, 0.29) is 10.9 Å². The molecule has 0 aliphatic heterocycles. The van der Waals surface area contributed by atoms with Crippen molar-refractivity contribution in [3.63, 3.8) is 0 Å². The van der Waals surface area contributed by atoms with E-state index < -0.39 is 5.82 Å². The van der Waals surface area contributed by atoms with Crippen molar-refractivity contribution in [2.45, 2.75) is 19.8 Å². The molecule has 0 unspecified atom stereocenters. The first-order valence-corrected chi connectivity index (χ1v) is 9.88. The van der Waals surface area contributed by atoms with Gasteiger partial charge in [-0.1, -0.05) is 43.7 Å². The zero-order chi connectivity index (χ0) is 21.8. The van der Waals surface area contributed by atoms with Crippen LogP contribution in [0.4, 0.5) is 10.2 Å². The molecule has 0 saturated heterocycles. The molecular weight excluding hydrogens is 395 g/mol. The fourth-order valence-electron chi connectivity index (χ4n) is 3.46. The van der Waals surface area contributed by atoms with Crippen molar-refractivity contribution in [1.82, 2.24) is 24.5 Å². The summed E-state index contributed by atoms with van der Waals surface area (Å²) in [5.74, 6) is -0.0345. The topological polar surface area (TPSA) is 102 Å². The van der Waals surface area contributed by atoms with Crippen LogP contribution in [0.25, 0.3) is 27.6 Å². The zero-order valence-electron chi connectivity index (χ0n) is 16.9. The number of hydrogen-bond acceptors (Lipinski definition) is 5. The van der Waals surface area contributed by atoms with Crippen LogP contribution in [0.3, 0.4) is 0 Å². The van der Waals surface area contributed by atoms with Crippen molar-refractivity contribution in [3.8, 4) is 5.69 Å². The first-order chi connectivity index (χ1) is 15.1. The number of hydrogen-bond donors (Lipinski definition) is 2. The number of pyridine rings is 1. The number of aryl methyl sites for hydroxylation is 1. The van der Waals surface area contributed by atoms with Crippen LogP contribution in [-0.4, -0.2) is 24.5 Å². The van der Waals surface area contributed by atoms with Crippen LogP contribution in [0, 0.1) is 5.82 Å². The average Bonchev–Trinajstić information content (AvgIpc) is 3.26. The molecule has 0 amide bonds. The Morgan fingerprint density at radius 3 is 2.61 bits per heavy atom. The number of aromatic amines is 1. The van der Waals surface area contributed by atoms with Crippen molar-refractivity contribution in [2.24, 2.45) is 0 Å². The number of nitrogens with one attached hydrogen (secondary N) is 1. The number of para-hydroxylation sites is 1. The Kier molecular flexibility index (Phi) is 5.70. The van der Waals surface area contributed by atoms with Crippen LogP contribution in [0.2, 0.25) is 0 Å². The predicted molar refractivity (Wildman–Crippen MR) is 120 cm³/mol. The SMILES string of the molecule is CCCc1cc2cccc(F)c2c(=O)n1-c1ccccc1.Nc1ncnc2nc[nH]c12. The van der Waals surface area contributed by atoms with E-state index in [0.717, 1.165) is 24.2 Å². The summed E-state index contributed by atoms with van der Waals surface area (Å²) in [6, 6.07) is 16.1. The Morgan fingerprint density at radius 1 is 1.06 bits per heavy atom. The molecule has 7 nitrogen and oxygen atoms in total. The predicted octanol–water partition coefficient (Wildman–Crippen LogP) is 4.02. The molecule has 3 heterocycles. The third-order valence-corrected chi connectivity index (χ3v) is 4.84. The van der Waals surface area contributed by atoms with E-state index in [1.807, 2.05) is 36.4 Å². The molecule has 0 atom stereocenters. The van der Waals surface area contributed by atoms with Crippen LogP contribution < -0.4 is 11.3 Å². The molecule has 5 rings (SSSR count). The van der Waals surface area contributed by atoms with E-state index in [0.29, 0.717) is 22.4 Å². The molecule has 0 saturated carbocycles. The van der Waals surface area contributed by atoms with E-state index in [4.69, 9.17) is 5.73 Å². The number of imidazole rings is 1. The minimum atomic E-state index is -0.467. The van der Waals surface area contributed by atoms with Gasteiger partial charge in [-0.2, -0.15) is 0 Å². The molecule has 0 aliphatic carbocycles. The Balaban J connectivity index is 0.000000192. The minimum absolute atomic E-state index is 0.154. The second-order valence-electron chi connectivity index (χ2n) is 6.93. The summed E-state index contributed by atoms with van der Waals surface area (Å²) in [6.45, 7) is 2.07. The van der Waals surface area contributed by atoms with Gasteiger partial charge in [-0.15, -0.1) is 0 Å². The molecule has 0 fully saturated rings. The quantitative estimate of drug-likeness (QED) is 0.462. The van der Waals surface area contributed by atoms with Crippen LogP contribution in [-0.2, 0) is 6.42 Å². The molecule has 0 radical (unpaired) electrons. The lowest BCUT2D eigenvalue weighted by molar-refractivity contribution is 0.637. The number of anilines is 1. The Labute approximate surface area is 177 Å². The monoisotopic (exact) mass is 416 g/mol. The average molecular weight is 416 g/mol. The molecule has 2 aromatic carbocycles. The van der Waals surface area contributed by atoms with E-state index in [9.17, 15) is 9.18 Å². The molecule has 8 heteroatoms. The van der Waals surface area contributed by atoms with Gasteiger partial charge in [0.1, 0.15) is 17.7 Å². The van der Waals surface area contributed by atoms with Gasteiger partial charge in [0.2, 0.25) is 0 Å². The number of halogens is 1. The summed E-state index contributed by atoms with van der Waals surface area (Å²) >= 11 is 0. The standard InChI is InChI=1S/C18H16FNO.C5H5N5/c1-2-7-15-12-13-8-6-11-16(19)17(13)18(21)20(15)14-9-4-3-5-10-14;6-4-3-5(9-1-7-3)10-2-8-4/h3-6,8-12H,2,7H2,1H3;1-2H,(H3,6,7,8,9,10). The smallest absolute Gasteiger partial charge is 0.266 e. The summed E-state index contributed by atoms with van der Waals surface area (Å²) in [7, 11) is 0. The number of nitrogens with two attached hydrogens (primary N) is 1. The highest BCUT2D eigenvalue weighted by Gasteiger charge is 2.13. The molecular formula is C23H21FN6O. The van der Waals surface area contributed by atoms with Crippen molar-refractivity contribution in [3.05, 3.63) is 89.1 Å². The molecule has 5 aromatic rings. The van der Waals surface area contributed by atoms with Crippen molar-refractivity contribution in [2.75, 3.05) is 5.73 Å². The number of fused-ring (bicyclic) bond motifs is 2. The molecule has 0 spiro atoms. The Bertz CT molecular complexity index is 1390. The molecule has 31 heavy (non-hydrogen) atoms. The number of nitrogens with zero attached hydrogens (tertiary/aromatic N) is 4. The zero-order valence-corrected chi connectivity index (χ0v) is 16.9. The maximum atomic E-state index is 14.0. The number of H-pyrrole nitrogens is 1. The highest BCUT2D eigenvalue weighted by atomic mass is 19.1.